The summed E-state index contributed by atoms with van der Waals surface area (Å²) in [5.41, 5.74) is 1.57. The molecular weight excluding hydrogens is 214 g/mol. The molecule has 88 valence electrons. The molecule has 2 aromatic heterocycles. The summed E-state index contributed by atoms with van der Waals surface area (Å²) in [4.78, 5) is 20.4. The van der Waals surface area contributed by atoms with Gasteiger partial charge in [0.25, 0.3) is 0 Å². The number of nitrogens with zero attached hydrogens (tertiary/aromatic N) is 3. The lowest BCUT2D eigenvalue weighted by Crippen LogP contribution is -2.11. The van der Waals surface area contributed by atoms with Gasteiger partial charge in [0, 0.05) is 36.9 Å². The highest BCUT2D eigenvalue weighted by Gasteiger charge is 2.15. The van der Waals surface area contributed by atoms with Gasteiger partial charge in [-0.05, 0) is 25.0 Å². The number of rotatable bonds is 4. The van der Waals surface area contributed by atoms with E-state index < -0.39 is 0 Å². The molecule has 2 heterocycles. The van der Waals surface area contributed by atoms with Crippen molar-refractivity contribution in [2.45, 2.75) is 26.8 Å². The van der Waals surface area contributed by atoms with Crippen molar-refractivity contribution in [1.29, 1.82) is 0 Å². The first-order chi connectivity index (χ1) is 8.22. The van der Waals surface area contributed by atoms with Crippen LogP contribution in [0, 0.1) is 6.92 Å². The van der Waals surface area contributed by atoms with Crippen molar-refractivity contribution in [2.75, 3.05) is 0 Å². The summed E-state index contributed by atoms with van der Waals surface area (Å²) in [6.07, 6.45) is 7.78. The molecule has 4 heteroatoms. The molecule has 2 rings (SSSR count). The molecule has 0 aliphatic heterocycles. The fourth-order valence-electron chi connectivity index (χ4n) is 1.75. The molecule has 0 aliphatic rings. The predicted octanol–water partition coefficient (Wildman–Crippen LogP) is 2.23. The minimum Gasteiger partial charge on any atom is -0.328 e. The van der Waals surface area contributed by atoms with E-state index in [1.54, 1.807) is 18.6 Å². The van der Waals surface area contributed by atoms with Crippen molar-refractivity contribution in [2.24, 2.45) is 0 Å². The summed E-state index contributed by atoms with van der Waals surface area (Å²) in [6, 6.07) is 1.83. The quantitative estimate of drug-likeness (QED) is 0.755. The number of aromatic nitrogens is 3. The summed E-state index contributed by atoms with van der Waals surface area (Å²) >= 11 is 0. The summed E-state index contributed by atoms with van der Waals surface area (Å²) in [5.74, 6) is 0.416. The molecule has 0 saturated carbocycles. The fraction of sp³-hybridized carbons (Fsp3) is 0.308. The summed E-state index contributed by atoms with van der Waals surface area (Å²) in [6.45, 7) is 4.80. The van der Waals surface area contributed by atoms with E-state index in [0.717, 1.165) is 18.5 Å². The molecule has 0 N–H and O–H groups in total. The average Bonchev–Trinajstić information content (AvgIpc) is 2.77. The minimum atomic E-state index is -0.0698. The van der Waals surface area contributed by atoms with Crippen molar-refractivity contribution < 1.29 is 4.79 Å². The first kappa shape index (κ1) is 11.5. The Morgan fingerprint density at radius 3 is 2.94 bits per heavy atom. The van der Waals surface area contributed by atoms with E-state index >= 15 is 0 Å². The second-order valence-corrected chi connectivity index (χ2v) is 4.02. The highest BCUT2D eigenvalue weighted by Crippen LogP contribution is 2.09. The van der Waals surface area contributed by atoms with Gasteiger partial charge in [0.15, 0.2) is 5.82 Å². The number of ketones is 1. The molecule has 2 aromatic rings. The first-order valence-electron chi connectivity index (χ1n) is 5.70. The number of hydrogen-bond donors (Lipinski definition) is 0. The van der Waals surface area contributed by atoms with E-state index in [4.69, 9.17) is 0 Å². The second kappa shape index (κ2) is 4.91. The Morgan fingerprint density at radius 1 is 1.41 bits per heavy atom. The monoisotopic (exact) mass is 229 g/mol. The molecule has 0 fully saturated rings. The molecule has 0 aliphatic carbocycles. The van der Waals surface area contributed by atoms with Gasteiger partial charge in [-0.25, -0.2) is 4.98 Å². The van der Waals surface area contributed by atoms with Crippen molar-refractivity contribution in [3.05, 3.63) is 47.8 Å². The minimum absolute atomic E-state index is 0.0698. The van der Waals surface area contributed by atoms with E-state index in [9.17, 15) is 4.79 Å². The molecule has 4 nitrogen and oxygen atoms in total. The summed E-state index contributed by atoms with van der Waals surface area (Å²) in [5, 5.41) is 0. The Kier molecular flexibility index (Phi) is 3.32. The van der Waals surface area contributed by atoms with Crippen LogP contribution in [0.1, 0.15) is 35.1 Å². The molecular formula is C13H15N3O. The zero-order valence-electron chi connectivity index (χ0n) is 10.1. The predicted molar refractivity (Wildman–Crippen MR) is 64.9 cm³/mol. The van der Waals surface area contributed by atoms with E-state index in [0.29, 0.717) is 11.4 Å². The smallest absolute Gasteiger partial charge is 0.230 e. The molecule has 0 atom stereocenters. The number of carbonyl (C=O) groups is 1. The molecule has 17 heavy (non-hydrogen) atoms. The van der Waals surface area contributed by atoms with Gasteiger partial charge in [0.05, 0.1) is 0 Å². The Balaban J connectivity index is 2.33. The lowest BCUT2D eigenvalue weighted by atomic mass is 10.1. The number of aryl methyl sites for hydroxylation is 2. The number of imidazole rings is 1. The van der Waals surface area contributed by atoms with Crippen molar-refractivity contribution >= 4 is 5.78 Å². The Morgan fingerprint density at radius 2 is 2.24 bits per heavy atom. The average molecular weight is 229 g/mol. The third kappa shape index (κ3) is 2.41. The van der Waals surface area contributed by atoms with Crippen LogP contribution in [0.25, 0.3) is 0 Å². The van der Waals surface area contributed by atoms with E-state index in [1.807, 2.05) is 23.8 Å². The largest absolute Gasteiger partial charge is 0.328 e. The SMILES string of the molecule is CCCn1ccnc1C(=O)c1cncc(C)c1. The van der Waals surface area contributed by atoms with Crippen LogP contribution < -0.4 is 0 Å². The van der Waals surface area contributed by atoms with Crippen LogP contribution >= 0.6 is 0 Å². The number of pyridine rings is 1. The van der Waals surface area contributed by atoms with Crippen LogP contribution in [-0.2, 0) is 6.54 Å². The van der Waals surface area contributed by atoms with Gasteiger partial charge < -0.3 is 4.57 Å². The van der Waals surface area contributed by atoms with Crippen molar-refractivity contribution in [3.63, 3.8) is 0 Å². The van der Waals surface area contributed by atoms with Gasteiger partial charge in [-0.15, -0.1) is 0 Å². The van der Waals surface area contributed by atoms with Gasteiger partial charge in [0.2, 0.25) is 5.78 Å². The lowest BCUT2D eigenvalue weighted by molar-refractivity contribution is 0.102. The zero-order valence-corrected chi connectivity index (χ0v) is 10.1. The lowest BCUT2D eigenvalue weighted by Gasteiger charge is -2.05. The van der Waals surface area contributed by atoms with Crippen LogP contribution in [0.3, 0.4) is 0 Å². The normalized spacial score (nSPS) is 10.5. The number of hydrogen-bond acceptors (Lipinski definition) is 3. The van der Waals surface area contributed by atoms with Gasteiger partial charge >= 0.3 is 0 Å². The van der Waals surface area contributed by atoms with Crippen LogP contribution in [0.5, 0.6) is 0 Å². The fourth-order valence-corrected chi connectivity index (χ4v) is 1.75. The van der Waals surface area contributed by atoms with Crippen molar-refractivity contribution in [1.82, 2.24) is 14.5 Å². The van der Waals surface area contributed by atoms with E-state index in [2.05, 4.69) is 16.9 Å². The highest BCUT2D eigenvalue weighted by atomic mass is 16.1. The maximum Gasteiger partial charge on any atom is 0.230 e. The molecule has 0 radical (unpaired) electrons. The van der Waals surface area contributed by atoms with E-state index in [1.165, 1.54) is 0 Å². The third-order valence-electron chi connectivity index (χ3n) is 2.52. The van der Waals surface area contributed by atoms with Crippen LogP contribution in [0.4, 0.5) is 0 Å². The molecule has 0 saturated heterocycles. The van der Waals surface area contributed by atoms with Gasteiger partial charge in [-0.3, -0.25) is 9.78 Å². The molecule has 0 bridgehead atoms. The second-order valence-electron chi connectivity index (χ2n) is 4.02. The molecule has 0 aromatic carbocycles. The highest BCUT2D eigenvalue weighted by molar-refractivity contribution is 6.06. The topological polar surface area (TPSA) is 47.8 Å². The van der Waals surface area contributed by atoms with Crippen LogP contribution in [0.2, 0.25) is 0 Å². The zero-order chi connectivity index (χ0) is 12.3. The molecule has 0 spiro atoms. The van der Waals surface area contributed by atoms with Gasteiger partial charge in [-0.2, -0.15) is 0 Å². The van der Waals surface area contributed by atoms with Crippen LogP contribution in [0.15, 0.2) is 30.9 Å². The Hall–Kier alpha value is -1.97. The molecule has 0 amide bonds. The number of carbonyl (C=O) groups excluding carboxylic acids is 1. The van der Waals surface area contributed by atoms with Crippen molar-refractivity contribution in [3.8, 4) is 0 Å². The van der Waals surface area contributed by atoms with Gasteiger partial charge in [0.1, 0.15) is 0 Å². The Bertz CT molecular complexity index is 531. The maximum absolute atomic E-state index is 12.2. The van der Waals surface area contributed by atoms with Gasteiger partial charge in [-0.1, -0.05) is 6.92 Å². The van der Waals surface area contributed by atoms with E-state index in [-0.39, 0.29) is 5.78 Å². The standard InChI is InChI=1S/C13H15N3O/c1-3-5-16-6-4-15-13(16)12(17)11-7-10(2)8-14-9-11/h4,6-9H,3,5H2,1-2H3. The molecule has 0 unspecified atom stereocenters. The van der Waals surface area contributed by atoms with Crippen LogP contribution in [-0.4, -0.2) is 20.3 Å². The summed E-state index contributed by atoms with van der Waals surface area (Å²) < 4.78 is 1.88. The summed E-state index contributed by atoms with van der Waals surface area (Å²) in [7, 11) is 0. The maximum atomic E-state index is 12.2. The third-order valence-corrected chi connectivity index (χ3v) is 2.52. The first-order valence-corrected chi connectivity index (χ1v) is 5.70. The Labute approximate surface area is 100 Å².